The zero-order valence-electron chi connectivity index (χ0n) is 14.5. The van der Waals surface area contributed by atoms with Crippen LogP contribution in [0.5, 0.6) is 11.5 Å². The first-order valence-electron chi connectivity index (χ1n) is 8.65. The van der Waals surface area contributed by atoms with Crippen molar-refractivity contribution in [3.63, 3.8) is 0 Å². The van der Waals surface area contributed by atoms with E-state index in [-0.39, 0.29) is 11.8 Å². The molecule has 1 aromatic heterocycles. The third-order valence-electron chi connectivity index (χ3n) is 4.52. The van der Waals surface area contributed by atoms with Crippen LogP contribution in [0, 0.1) is 5.92 Å². The molecule has 3 aromatic rings. The molecule has 0 bridgehead atoms. The standard InChI is InChI=1S/C20H20N2O4/c1-24-17-8-4-5-13-11-14(12-25-19(13)17)20(23)21-10-9-18-22-15-6-2-3-7-16(15)26-18/h2-8,14H,9-12H2,1H3,(H,21,23)/t14-/m1/s1. The van der Waals surface area contributed by atoms with E-state index in [1.165, 1.54) is 0 Å². The maximum atomic E-state index is 12.5. The molecule has 0 saturated heterocycles. The summed E-state index contributed by atoms with van der Waals surface area (Å²) < 4.78 is 16.7. The Bertz CT molecular complexity index is 901. The number of carbonyl (C=O) groups excluding carboxylic acids is 1. The van der Waals surface area contributed by atoms with E-state index in [2.05, 4.69) is 10.3 Å². The summed E-state index contributed by atoms with van der Waals surface area (Å²) in [5, 5.41) is 2.95. The number of para-hydroxylation sites is 3. The normalized spacial score (nSPS) is 16.0. The quantitative estimate of drug-likeness (QED) is 0.764. The molecule has 4 rings (SSSR count). The smallest absolute Gasteiger partial charge is 0.226 e. The Morgan fingerprint density at radius 1 is 1.27 bits per heavy atom. The molecule has 1 aliphatic rings. The molecule has 0 fully saturated rings. The van der Waals surface area contributed by atoms with E-state index in [4.69, 9.17) is 13.9 Å². The highest BCUT2D eigenvalue weighted by molar-refractivity contribution is 5.79. The second kappa shape index (κ2) is 7.07. The molecule has 6 nitrogen and oxygen atoms in total. The van der Waals surface area contributed by atoms with E-state index in [0.717, 1.165) is 22.4 Å². The number of methoxy groups -OCH3 is 1. The van der Waals surface area contributed by atoms with Crippen LogP contribution >= 0.6 is 0 Å². The highest BCUT2D eigenvalue weighted by Gasteiger charge is 2.27. The maximum Gasteiger partial charge on any atom is 0.226 e. The van der Waals surface area contributed by atoms with Crippen molar-refractivity contribution in [2.24, 2.45) is 5.92 Å². The summed E-state index contributed by atoms with van der Waals surface area (Å²) in [6.07, 6.45) is 1.19. The molecule has 2 heterocycles. The van der Waals surface area contributed by atoms with Crippen LogP contribution in [0.3, 0.4) is 0 Å². The highest BCUT2D eigenvalue weighted by Crippen LogP contribution is 2.36. The largest absolute Gasteiger partial charge is 0.493 e. The predicted molar refractivity (Wildman–Crippen MR) is 96.4 cm³/mol. The summed E-state index contributed by atoms with van der Waals surface area (Å²) in [5.41, 5.74) is 2.59. The van der Waals surface area contributed by atoms with Gasteiger partial charge in [-0.15, -0.1) is 0 Å². The lowest BCUT2D eigenvalue weighted by Crippen LogP contribution is -2.38. The van der Waals surface area contributed by atoms with Crippen LogP contribution in [0.1, 0.15) is 11.5 Å². The number of nitrogens with zero attached hydrogens (tertiary/aromatic N) is 1. The number of oxazole rings is 1. The number of benzene rings is 2. The summed E-state index contributed by atoms with van der Waals surface area (Å²) in [6, 6.07) is 13.4. The fourth-order valence-corrected chi connectivity index (χ4v) is 3.19. The molecule has 134 valence electrons. The zero-order chi connectivity index (χ0) is 17.9. The summed E-state index contributed by atoms with van der Waals surface area (Å²) in [7, 11) is 1.61. The van der Waals surface area contributed by atoms with Crippen molar-refractivity contribution in [1.29, 1.82) is 0 Å². The molecule has 0 aliphatic carbocycles. The zero-order valence-corrected chi connectivity index (χ0v) is 14.5. The van der Waals surface area contributed by atoms with Gasteiger partial charge in [0.1, 0.15) is 12.1 Å². The molecular formula is C20H20N2O4. The summed E-state index contributed by atoms with van der Waals surface area (Å²) in [4.78, 5) is 16.9. The Kier molecular flexibility index (Phi) is 4.48. The van der Waals surface area contributed by atoms with Crippen LogP contribution in [0.2, 0.25) is 0 Å². The minimum atomic E-state index is -0.210. The number of aromatic nitrogens is 1. The monoisotopic (exact) mass is 352 g/mol. The molecule has 0 saturated carbocycles. The molecule has 0 spiro atoms. The predicted octanol–water partition coefficient (Wildman–Crippen LogP) is 2.75. The number of fused-ring (bicyclic) bond motifs is 2. The third-order valence-corrected chi connectivity index (χ3v) is 4.52. The van der Waals surface area contributed by atoms with Crippen molar-refractivity contribution in [2.45, 2.75) is 12.8 Å². The SMILES string of the molecule is COc1cccc2c1OC[C@H](C(=O)NCCc1nc3ccccc3o1)C2. The second-order valence-corrected chi connectivity index (χ2v) is 6.28. The lowest BCUT2D eigenvalue weighted by Gasteiger charge is -2.25. The molecule has 1 amide bonds. The number of ether oxygens (including phenoxy) is 2. The van der Waals surface area contributed by atoms with Crippen LogP contribution in [0.25, 0.3) is 11.1 Å². The van der Waals surface area contributed by atoms with E-state index >= 15 is 0 Å². The molecule has 1 aliphatic heterocycles. The first-order valence-corrected chi connectivity index (χ1v) is 8.65. The minimum absolute atomic E-state index is 0.0189. The maximum absolute atomic E-state index is 12.5. The second-order valence-electron chi connectivity index (χ2n) is 6.28. The van der Waals surface area contributed by atoms with Gasteiger partial charge in [-0.3, -0.25) is 4.79 Å². The van der Waals surface area contributed by atoms with Crippen molar-refractivity contribution in [3.8, 4) is 11.5 Å². The van der Waals surface area contributed by atoms with Crippen LogP contribution in [-0.2, 0) is 17.6 Å². The van der Waals surface area contributed by atoms with Gasteiger partial charge in [0.25, 0.3) is 0 Å². The Morgan fingerprint density at radius 2 is 2.15 bits per heavy atom. The Morgan fingerprint density at radius 3 is 3.00 bits per heavy atom. The number of hydrogen-bond donors (Lipinski definition) is 1. The van der Waals surface area contributed by atoms with Crippen molar-refractivity contribution >= 4 is 17.0 Å². The Hall–Kier alpha value is -3.02. The average molecular weight is 352 g/mol. The van der Waals surface area contributed by atoms with E-state index in [9.17, 15) is 4.79 Å². The lowest BCUT2D eigenvalue weighted by molar-refractivity contribution is -0.126. The van der Waals surface area contributed by atoms with Gasteiger partial charge in [-0.05, 0) is 30.2 Å². The number of nitrogens with one attached hydrogen (secondary N) is 1. The van der Waals surface area contributed by atoms with Crippen molar-refractivity contribution in [1.82, 2.24) is 10.3 Å². The van der Waals surface area contributed by atoms with Gasteiger partial charge in [0.2, 0.25) is 5.91 Å². The van der Waals surface area contributed by atoms with Crippen LogP contribution in [0.4, 0.5) is 0 Å². The molecule has 1 atom stereocenters. The molecule has 0 radical (unpaired) electrons. The number of rotatable bonds is 5. The van der Waals surface area contributed by atoms with E-state index in [1.807, 2.05) is 42.5 Å². The molecule has 1 N–H and O–H groups in total. The third kappa shape index (κ3) is 3.22. The molecular weight excluding hydrogens is 332 g/mol. The molecule has 26 heavy (non-hydrogen) atoms. The van der Waals surface area contributed by atoms with Crippen molar-refractivity contribution in [2.75, 3.05) is 20.3 Å². The topological polar surface area (TPSA) is 73.6 Å². The lowest BCUT2D eigenvalue weighted by atomic mass is 9.95. The van der Waals surface area contributed by atoms with Gasteiger partial charge in [-0.1, -0.05) is 24.3 Å². The van der Waals surface area contributed by atoms with E-state index in [0.29, 0.717) is 37.6 Å². The first-order chi connectivity index (χ1) is 12.7. The van der Waals surface area contributed by atoms with Crippen LogP contribution < -0.4 is 14.8 Å². The van der Waals surface area contributed by atoms with Crippen molar-refractivity contribution < 1.29 is 18.7 Å². The summed E-state index contributed by atoms with van der Waals surface area (Å²) >= 11 is 0. The van der Waals surface area contributed by atoms with Gasteiger partial charge in [0, 0.05) is 13.0 Å². The minimum Gasteiger partial charge on any atom is -0.493 e. The van der Waals surface area contributed by atoms with Crippen LogP contribution in [-0.4, -0.2) is 31.2 Å². The fourth-order valence-electron chi connectivity index (χ4n) is 3.19. The van der Waals surface area contributed by atoms with Crippen molar-refractivity contribution in [3.05, 3.63) is 53.9 Å². The summed E-state index contributed by atoms with van der Waals surface area (Å²) in [6.45, 7) is 0.829. The highest BCUT2D eigenvalue weighted by atomic mass is 16.5. The number of carbonyl (C=O) groups is 1. The van der Waals surface area contributed by atoms with Gasteiger partial charge < -0.3 is 19.2 Å². The van der Waals surface area contributed by atoms with Gasteiger partial charge in [0.15, 0.2) is 23.0 Å². The van der Waals surface area contributed by atoms with Crippen LogP contribution in [0.15, 0.2) is 46.9 Å². The first kappa shape index (κ1) is 16.4. The number of hydrogen-bond acceptors (Lipinski definition) is 5. The Labute approximate surface area is 151 Å². The fraction of sp³-hybridized carbons (Fsp3) is 0.300. The van der Waals surface area contributed by atoms with Gasteiger partial charge in [-0.25, -0.2) is 4.98 Å². The summed E-state index contributed by atoms with van der Waals surface area (Å²) in [5.74, 6) is 1.84. The van der Waals surface area contributed by atoms with E-state index < -0.39 is 0 Å². The molecule has 6 heteroatoms. The van der Waals surface area contributed by atoms with Gasteiger partial charge in [0.05, 0.1) is 13.0 Å². The Balaban J connectivity index is 1.33. The van der Waals surface area contributed by atoms with E-state index in [1.54, 1.807) is 7.11 Å². The molecule has 0 unspecified atom stereocenters. The molecule has 2 aromatic carbocycles. The average Bonchev–Trinajstić information content (AvgIpc) is 3.09. The van der Waals surface area contributed by atoms with Gasteiger partial charge >= 0.3 is 0 Å². The van der Waals surface area contributed by atoms with Gasteiger partial charge in [-0.2, -0.15) is 0 Å². The number of amides is 1.